The van der Waals surface area contributed by atoms with Crippen LogP contribution in [-0.4, -0.2) is 31.2 Å². The standard InChI is InChI=1S/C18H14BrN5OS/c1-11-22-23-17-18(21-14-8-4-5-9-15(14)24(11)17)26-10-16(25)20-13-7-3-2-6-12(13)19/h2-9H,10H2,1H3,(H,20,25). The van der Waals surface area contributed by atoms with Crippen molar-refractivity contribution < 1.29 is 4.79 Å². The summed E-state index contributed by atoms with van der Waals surface area (Å²) in [7, 11) is 0. The van der Waals surface area contributed by atoms with Gasteiger partial charge in [0.25, 0.3) is 0 Å². The maximum atomic E-state index is 12.3. The minimum Gasteiger partial charge on any atom is -0.324 e. The number of nitrogens with one attached hydrogen (secondary N) is 1. The highest BCUT2D eigenvalue weighted by Crippen LogP contribution is 2.26. The first-order chi connectivity index (χ1) is 12.6. The Morgan fingerprint density at radius 1 is 1.15 bits per heavy atom. The van der Waals surface area contributed by atoms with E-state index >= 15 is 0 Å². The molecule has 0 atom stereocenters. The molecule has 0 aliphatic heterocycles. The normalized spacial score (nSPS) is 11.2. The van der Waals surface area contributed by atoms with Crippen LogP contribution >= 0.6 is 27.7 Å². The molecule has 4 aromatic rings. The van der Waals surface area contributed by atoms with Gasteiger partial charge in [-0.15, -0.1) is 10.2 Å². The number of halogens is 1. The highest BCUT2D eigenvalue weighted by atomic mass is 79.9. The Kier molecular flexibility index (Phi) is 4.60. The van der Waals surface area contributed by atoms with E-state index in [1.54, 1.807) is 0 Å². The lowest BCUT2D eigenvalue weighted by molar-refractivity contribution is -0.113. The fourth-order valence-corrected chi connectivity index (χ4v) is 3.82. The summed E-state index contributed by atoms with van der Waals surface area (Å²) in [6.45, 7) is 1.90. The highest BCUT2D eigenvalue weighted by molar-refractivity contribution is 9.10. The number of amides is 1. The number of anilines is 1. The van der Waals surface area contributed by atoms with E-state index in [4.69, 9.17) is 0 Å². The second kappa shape index (κ2) is 7.05. The molecule has 4 rings (SSSR count). The third-order valence-corrected chi connectivity index (χ3v) is 5.49. The number of nitrogens with zero attached hydrogens (tertiary/aromatic N) is 4. The Morgan fingerprint density at radius 2 is 1.92 bits per heavy atom. The Bertz CT molecular complexity index is 1130. The molecule has 26 heavy (non-hydrogen) atoms. The fourth-order valence-electron chi connectivity index (χ4n) is 2.68. The number of hydrogen-bond acceptors (Lipinski definition) is 5. The summed E-state index contributed by atoms with van der Waals surface area (Å²) in [6.07, 6.45) is 0. The Balaban J connectivity index is 1.61. The third-order valence-electron chi connectivity index (χ3n) is 3.85. The molecule has 2 aromatic carbocycles. The fraction of sp³-hybridized carbons (Fsp3) is 0.111. The lowest BCUT2D eigenvalue weighted by Gasteiger charge is -2.08. The summed E-state index contributed by atoms with van der Waals surface area (Å²) in [5, 5.41) is 12.0. The second-order valence-corrected chi connectivity index (χ2v) is 7.45. The molecule has 0 unspecified atom stereocenters. The number of carbonyl (C=O) groups excluding carboxylic acids is 1. The molecule has 0 bridgehead atoms. The molecule has 2 aromatic heterocycles. The largest absolute Gasteiger partial charge is 0.324 e. The summed E-state index contributed by atoms with van der Waals surface area (Å²) in [4.78, 5) is 17.0. The maximum Gasteiger partial charge on any atom is 0.234 e. The number of aromatic nitrogens is 4. The number of hydrogen-bond donors (Lipinski definition) is 1. The lowest BCUT2D eigenvalue weighted by Crippen LogP contribution is -2.14. The van der Waals surface area contributed by atoms with Crippen molar-refractivity contribution in [3.8, 4) is 0 Å². The smallest absolute Gasteiger partial charge is 0.234 e. The molecule has 2 heterocycles. The zero-order chi connectivity index (χ0) is 18.1. The Hall–Kier alpha value is -2.45. The van der Waals surface area contributed by atoms with E-state index in [9.17, 15) is 4.79 Å². The molecule has 1 amide bonds. The van der Waals surface area contributed by atoms with Gasteiger partial charge in [-0.1, -0.05) is 36.0 Å². The van der Waals surface area contributed by atoms with Gasteiger partial charge >= 0.3 is 0 Å². The lowest BCUT2D eigenvalue weighted by atomic mass is 10.3. The summed E-state index contributed by atoms with van der Waals surface area (Å²) in [5.41, 5.74) is 3.21. The van der Waals surface area contributed by atoms with E-state index in [2.05, 4.69) is 36.4 Å². The zero-order valence-corrected chi connectivity index (χ0v) is 16.2. The number of aryl methyl sites for hydroxylation is 1. The van der Waals surface area contributed by atoms with Gasteiger partial charge in [0.1, 0.15) is 10.9 Å². The third kappa shape index (κ3) is 3.17. The molecule has 8 heteroatoms. The van der Waals surface area contributed by atoms with Crippen LogP contribution in [-0.2, 0) is 4.79 Å². The van der Waals surface area contributed by atoms with Crippen LogP contribution in [0, 0.1) is 6.92 Å². The molecule has 0 spiro atoms. The van der Waals surface area contributed by atoms with Crippen molar-refractivity contribution in [2.24, 2.45) is 0 Å². The van der Waals surface area contributed by atoms with Crippen LogP contribution in [0.2, 0.25) is 0 Å². The van der Waals surface area contributed by atoms with Gasteiger partial charge in [-0.05, 0) is 47.1 Å². The van der Waals surface area contributed by atoms with Crippen LogP contribution < -0.4 is 5.32 Å². The van der Waals surface area contributed by atoms with Gasteiger partial charge in [-0.2, -0.15) is 0 Å². The molecule has 1 N–H and O–H groups in total. The number of benzene rings is 2. The number of para-hydroxylation sites is 3. The van der Waals surface area contributed by atoms with Gasteiger partial charge in [0.05, 0.1) is 22.5 Å². The molecule has 0 saturated carbocycles. The van der Waals surface area contributed by atoms with Gasteiger partial charge in [0.15, 0.2) is 5.65 Å². The SMILES string of the molecule is Cc1nnc2c(SCC(=O)Nc3ccccc3Br)nc3ccccc3n12. The predicted octanol–water partition coefficient (Wildman–Crippen LogP) is 4.08. The summed E-state index contributed by atoms with van der Waals surface area (Å²) in [5.74, 6) is 0.915. The molecular formula is C18H14BrN5OS. The van der Waals surface area contributed by atoms with Crippen LogP contribution in [0.25, 0.3) is 16.7 Å². The number of carbonyl (C=O) groups is 1. The first-order valence-electron chi connectivity index (χ1n) is 7.91. The zero-order valence-electron chi connectivity index (χ0n) is 13.8. The minimum atomic E-state index is -0.105. The van der Waals surface area contributed by atoms with Crippen LogP contribution in [0.1, 0.15) is 5.82 Å². The molecule has 0 aliphatic rings. The Morgan fingerprint density at radius 3 is 2.77 bits per heavy atom. The highest BCUT2D eigenvalue weighted by Gasteiger charge is 2.15. The van der Waals surface area contributed by atoms with Crippen LogP contribution in [0.15, 0.2) is 58.0 Å². The van der Waals surface area contributed by atoms with Gasteiger partial charge in [-0.3, -0.25) is 9.20 Å². The molecule has 0 radical (unpaired) electrons. The van der Waals surface area contributed by atoms with Gasteiger partial charge in [-0.25, -0.2) is 4.98 Å². The number of thioether (sulfide) groups is 1. The van der Waals surface area contributed by atoms with Crippen molar-refractivity contribution in [2.45, 2.75) is 11.9 Å². The first-order valence-corrected chi connectivity index (χ1v) is 9.69. The van der Waals surface area contributed by atoms with Gasteiger partial charge in [0, 0.05) is 4.47 Å². The predicted molar refractivity (Wildman–Crippen MR) is 107 cm³/mol. The summed E-state index contributed by atoms with van der Waals surface area (Å²) < 4.78 is 2.81. The topological polar surface area (TPSA) is 72.2 Å². The average molecular weight is 428 g/mol. The van der Waals surface area contributed by atoms with Crippen molar-refractivity contribution in [2.75, 3.05) is 11.1 Å². The molecule has 130 valence electrons. The number of rotatable bonds is 4. The molecule has 0 saturated heterocycles. The van der Waals surface area contributed by atoms with Crippen molar-refractivity contribution >= 4 is 56.0 Å². The monoisotopic (exact) mass is 427 g/mol. The van der Waals surface area contributed by atoms with E-state index in [0.717, 1.165) is 27.0 Å². The van der Waals surface area contributed by atoms with Crippen LogP contribution in [0.3, 0.4) is 0 Å². The molecule has 0 aliphatic carbocycles. The van der Waals surface area contributed by atoms with E-state index in [-0.39, 0.29) is 11.7 Å². The van der Waals surface area contributed by atoms with Crippen LogP contribution in [0.5, 0.6) is 0 Å². The molecule has 0 fully saturated rings. The minimum absolute atomic E-state index is 0.105. The van der Waals surface area contributed by atoms with Gasteiger partial charge in [0.2, 0.25) is 5.91 Å². The number of fused-ring (bicyclic) bond motifs is 3. The van der Waals surface area contributed by atoms with Crippen molar-refractivity contribution in [1.82, 2.24) is 19.6 Å². The average Bonchev–Trinajstić information content (AvgIpc) is 3.04. The molecular weight excluding hydrogens is 414 g/mol. The van der Waals surface area contributed by atoms with Crippen molar-refractivity contribution in [3.63, 3.8) is 0 Å². The van der Waals surface area contributed by atoms with Crippen molar-refractivity contribution in [3.05, 3.63) is 58.8 Å². The quantitative estimate of drug-likeness (QED) is 0.496. The van der Waals surface area contributed by atoms with E-state index in [1.165, 1.54) is 11.8 Å². The maximum absolute atomic E-state index is 12.3. The molecule has 6 nitrogen and oxygen atoms in total. The van der Waals surface area contributed by atoms with E-state index < -0.39 is 0 Å². The summed E-state index contributed by atoms with van der Waals surface area (Å²) in [6, 6.07) is 15.3. The van der Waals surface area contributed by atoms with Crippen LogP contribution in [0.4, 0.5) is 5.69 Å². The van der Waals surface area contributed by atoms with E-state index in [0.29, 0.717) is 10.7 Å². The second-order valence-electron chi connectivity index (χ2n) is 5.63. The van der Waals surface area contributed by atoms with E-state index in [1.807, 2.05) is 59.9 Å². The first kappa shape index (κ1) is 17.0. The summed E-state index contributed by atoms with van der Waals surface area (Å²) >= 11 is 4.78. The Labute approximate surface area is 162 Å². The van der Waals surface area contributed by atoms with Crippen molar-refractivity contribution in [1.29, 1.82) is 0 Å². The van der Waals surface area contributed by atoms with Gasteiger partial charge < -0.3 is 5.32 Å².